The molecule has 4 rings (SSSR count). The van der Waals surface area contributed by atoms with Crippen molar-refractivity contribution in [2.45, 2.75) is 46.8 Å². The van der Waals surface area contributed by atoms with Crippen molar-refractivity contribution < 1.29 is 13.7 Å². The molecule has 3 aromatic heterocycles. The molecule has 3 aromatic rings. The number of aromatic nitrogens is 3. The predicted molar refractivity (Wildman–Crippen MR) is 98.3 cm³/mol. The van der Waals surface area contributed by atoms with Crippen molar-refractivity contribution >= 4 is 17.2 Å². The summed E-state index contributed by atoms with van der Waals surface area (Å²) in [5, 5.41) is 16.5. The van der Waals surface area contributed by atoms with Gasteiger partial charge in [-0.05, 0) is 25.8 Å². The number of thiophene rings is 1. The summed E-state index contributed by atoms with van der Waals surface area (Å²) >= 11 is 1.64. The second-order valence-corrected chi connectivity index (χ2v) is 7.68. The van der Waals surface area contributed by atoms with E-state index >= 15 is 0 Å². The fraction of sp³-hybridized carbons (Fsp3) is 0.444. The minimum Gasteiger partial charge on any atom is -0.424 e. The first kappa shape index (κ1) is 17.9. The second-order valence-electron chi connectivity index (χ2n) is 6.71. The van der Waals surface area contributed by atoms with Gasteiger partial charge in [0.05, 0.1) is 17.8 Å². The van der Waals surface area contributed by atoms with Gasteiger partial charge >= 0.3 is 0 Å². The lowest BCUT2D eigenvalue weighted by Crippen LogP contribution is -2.31. The van der Waals surface area contributed by atoms with Gasteiger partial charge in [-0.2, -0.15) is 0 Å². The number of aryl methyl sites for hydroxylation is 3. The normalized spacial score (nSPS) is 14.3. The average molecular weight is 387 g/mol. The lowest BCUT2D eigenvalue weighted by molar-refractivity contribution is 0.0945. The molecule has 0 atom stereocenters. The number of hydrogen-bond donors (Lipinski definition) is 1. The standard InChI is InChI=1S/C18H21N5O3S/c1-10-14(11(2)26-22-10)7-23-5-4-13-15(9-27-16(13)8-23)18(24)19-6-17-21-20-12(3)25-17/h9H,4-8H2,1-3H3,(H,19,24). The molecule has 8 nitrogen and oxygen atoms in total. The van der Waals surface area contributed by atoms with Crippen molar-refractivity contribution in [3.63, 3.8) is 0 Å². The molecule has 1 N–H and O–H groups in total. The molecule has 0 saturated carbocycles. The molecule has 0 fully saturated rings. The molecule has 0 spiro atoms. The van der Waals surface area contributed by atoms with Crippen molar-refractivity contribution in [1.29, 1.82) is 0 Å². The Labute approximate surface area is 160 Å². The minimum absolute atomic E-state index is 0.0949. The van der Waals surface area contributed by atoms with Crippen molar-refractivity contribution in [1.82, 2.24) is 25.6 Å². The van der Waals surface area contributed by atoms with Crippen LogP contribution in [0.15, 0.2) is 14.3 Å². The Morgan fingerprint density at radius 2 is 2.19 bits per heavy atom. The summed E-state index contributed by atoms with van der Waals surface area (Å²) in [4.78, 5) is 16.2. The summed E-state index contributed by atoms with van der Waals surface area (Å²) in [6, 6.07) is 0. The van der Waals surface area contributed by atoms with E-state index in [-0.39, 0.29) is 12.5 Å². The third-order valence-corrected chi connectivity index (χ3v) is 5.82. The Kier molecular flexibility index (Phi) is 4.79. The Balaban J connectivity index is 1.41. The smallest absolute Gasteiger partial charge is 0.252 e. The molecule has 1 aliphatic rings. The van der Waals surface area contributed by atoms with Crippen LogP contribution in [0.25, 0.3) is 0 Å². The highest BCUT2D eigenvalue weighted by molar-refractivity contribution is 7.10. The van der Waals surface area contributed by atoms with Gasteiger partial charge in [-0.1, -0.05) is 5.16 Å². The fourth-order valence-electron chi connectivity index (χ4n) is 3.32. The van der Waals surface area contributed by atoms with Crippen molar-refractivity contribution in [2.24, 2.45) is 0 Å². The lowest BCUT2D eigenvalue weighted by atomic mass is 10.0. The molecule has 0 aliphatic carbocycles. The van der Waals surface area contributed by atoms with E-state index in [9.17, 15) is 4.79 Å². The van der Waals surface area contributed by atoms with Crippen LogP contribution in [0.5, 0.6) is 0 Å². The van der Waals surface area contributed by atoms with Gasteiger partial charge in [0.1, 0.15) is 5.76 Å². The number of rotatable bonds is 5. The number of hydrogen-bond acceptors (Lipinski definition) is 8. The first-order valence-corrected chi connectivity index (χ1v) is 9.69. The number of carbonyl (C=O) groups excluding carboxylic acids is 1. The maximum absolute atomic E-state index is 12.6. The summed E-state index contributed by atoms with van der Waals surface area (Å²) in [6.45, 7) is 8.43. The maximum Gasteiger partial charge on any atom is 0.252 e. The van der Waals surface area contributed by atoms with Crippen molar-refractivity contribution in [2.75, 3.05) is 6.54 Å². The molecule has 0 unspecified atom stereocenters. The Bertz CT molecular complexity index is 954. The van der Waals surface area contributed by atoms with Gasteiger partial charge in [-0.3, -0.25) is 9.69 Å². The number of fused-ring (bicyclic) bond motifs is 1. The topological polar surface area (TPSA) is 97.3 Å². The van der Waals surface area contributed by atoms with Crippen molar-refractivity contribution in [3.8, 4) is 0 Å². The zero-order chi connectivity index (χ0) is 19.0. The zero-order valence-electron chi connectivity index (χ0n) is 15.5. The van der Waals surface area contributed by atoms with Gasteiger partial charge in [-0.15, -0.1) is 21.5 Å². The van der Waals surface area contributed by atoms with Crippen LogP contribution in [0.1, 0.15) is 49.6 Å². The molecule has 4 heterocycles. The van der Waals surface area contributed by atoms with E-state index in [1.54, 1.807) is 18.3 Å². The van der Waals surface area contributed by atoms with Crippen molar-refractivity contribution in [3.05, 3.63) is 50.2 Å². The van der Waals surface area contributed by atoms with Crippen LogP contribution >= 0.6 is 11.3 Å². The summed E-state index contributed by atoms with van der Waals surface area (Å²) in [5.41, 5.74) is 4.00. The third-order valence-electron chi connectivity index (χ3n) is 4.80. The molecule has 1 aliphatic heterocycles. The lowest BCUT2D eigenvalue weighted by Gasteiger charge is -2.27. The summed E-state index contributed by atoms with van der Waals surface area (Å²) in [6.07, 6.45) is 0.852. The van der Waals surface area contributed by atoms with Crippen LogP contribution in [-0.2, 0) is 26.1 Å². The zero-order valence-corrected chi connectivity index (χ0v) is 16.4. The first-order chi connectivity index (χ1) is 13.0. The summed E-state index contributed by atoms with van der Waals surface area (Å²) < 4.78 is 10.6. The Hall–Kier alpha value is -2.52. The highest BCUT2D eigenvalue weighted by atomic mass is 32.1. The maximum atomic E-state index is 12.6. The number of amides is 1. The quantitative estimate of drug-likeness (QED) is 0.718. The van der Waals surface area contributed by atoms with E-state index in [4.69, 9.17) is 8.94 Å². The van der Waals surface area contributed by atoms with E-state index in [1.165, 1.54) is 4.88 Å². The van der Waals surface area contributed by atoms with Gasteiger partial charge in [0, 0.05) is 42.4 Å². The third kappa shape index (κ3) is 3.65. The number of nitrogens with zero attached hydrogens (tertiary/aromatic N) is 4. The molecular weight excluding hydrogens is 366 g/mol. The van der Waals surface area contributed by atoms with Crippen LogP contribution in [0, 0.1) is 20.8 Å². The summed E-state index contributed by atoms with van der Waals surface area (Å²) in [7, 11) is 0. The van der Waals surface area contributed by atoms with Crippen LogP contribution in [0.3, 0.4) is 0 Å². The monoisotopic (exact) mass is 387 g/mol. The van der Waals surface area contributed by atoms with E-state index in [0.29, 0.717) is 11.8 Å². The Morgan fingerprint density at radius 3 is 2.89 bits per heavy atom. The highest BCUT2D eigenvalue weighted by Crippen LogP contribution is 2.30. The largest absolute Gasteiger partial charge is 0.424 e. The molecule has 9 heteroatoms. The minimum atomic E-state index is -0.0949. The van der Waals surface area contributed by atoms with E-state index < -0.39 is 0 Å². The van der Waals surface area contributed by atoms with Gasteiger partial charge in [-0.25, -0.2) is 0 Å². The van der Waals surface area contributed by atoms with E-state index in [2.05, 4.69) is 25.6 Å². The molecule has 1 amide bonds. The van der Waals surface area contributed by atoms with E-state index in [1.807, 2.05) is 19.2 Å². The van der Waals surface area contributed by atoms with E-state index in [0.717, 1.165) is 54.2 Å². The number of carbonyl (C=O) groups is 1. The van der Waals surface area contributed by atoms with Gasteiger partial charge < -0.3 is 14.3 Å². The molecule has 142 valence electrons. The van der Waals surface area contributed by atoms with Crippen LogP contribution in [0.4, 0.5) is 0 Å². The molecule has 0 radical (unpaired) electrons. The van der Waals surface area contributed by atoms with Crippen LogP contribution in [0.2, 0.25) is 0 Å². The molecule has 27 heavy (non-hydrogen) atoms. The molecular formula is C18H21N5O3S. The summed E-state index contributed by atoms with van der Waals surface area (Å²) in [5.74, 6) is 1.68. The second kappa shape index (κ2) is 7.24. The average Bonchev–Trinajstić information content (AvgIpc) is 3.34. The SMILES string of the molecule is Cc1nnc(CNC(=O)c2csc3c2CCN(Cc2c(C)noc2C)C3)o1. The predicted octanol–water partition coefficient (Wildman–Crippen LogP) is 2.53. The number of nitrogens with one attached hydrogen (secondary N) is 1. The van der Waals surface area contributed by atoms with Gasteiger partial charge in [0.25, 0.3) is 5.91 Å². The first-order valence-electron chi connectivity index (χ1n) is 8.81. The van der Waals surface area contributed by atoms with Crippen LogP contribution < -0.4 is 5.32 Å². The molecule has 0 aromatic carbocycles. The van der Waals surface area contributed by atoms with Gasteiger partial charge in [0.15, 0.2) is 0 Å². The Morgan fingerprint density at radius 1 is 1.33 bits per heavy atom. The highest BCUT2D eigenvalue weighted by Gasteiger charge is 2.25. The fourth-order valence-corrected chi connectivity index (χ4v) is 4.44. The van der Waals surface area contributed by atoms with Crippen LogP contribution in [-0.4, -0.2) is 32.7 Å². The van der Waals surface area contributed by atoms with Gasteiger partial charge in [0.2, 0.25) is 11.8 Å². The molecule has 0 bridgehead atoms. The molecule has 0 saturated heterocycles.